The highest BCUT2D eigenvalue weighted by Crippen LogP contribution is 2.45. The van der Waals surface area contributed by atoms with Crippen LogP contribution in [0.15, 0.2) is 54.7 Å². The lowest BCUT2D eigenvalue weighted by Gasteiger charge is -2.22. The van der Waals surface area contributed by atoms with E-state index in [9.17, 15) is 9.18 Å². The van der Waals surface area contributed by atoms with Crippen LogP contribution in [-0.2, 0) is 4.79 Å². The summed E-state index contributed by atoms with van der Waals surface area (Å²) in [5.74, 6) is 1.41. The second-order valence-corrected chi connectivity index (χ2v) is 8.95. The van der Waals surface area contributed by atoms with Crippen molar-refractivity contribution >= 4 is 39.8 Å². The van der Waals surface area contributed by atoms with Gasteiger partial charge in [0.1, 0.15) is 5.82 Å². The lowest BCUT2D eigenvalue weighted by Crippen LogP contribution is -2.23. The molecule has 1 saturated heterocycles. The van der Waals surface area contributed by atoms with Gasteiger partial charge in [-0.2, -0.15) is 0 Å². The predicted octanol–water partition coefficient (Wildman–Crippen LogP) is 5.52. The molecule has 1 amide bonds. The zero-order valence-corrected chi connectivity index (χ0v) is 17.3. The molecule has 1 aliphatic carbocycles. The van der Waals surface area contributed by atoms with Crippen LogP contribution >= 0.6 is 11.6 Å². The van der Waals surface area contributed by atoms with Gasteiger partial charge in [0.15, 0.2) is 0 Å². The van der Waals surface area contributed by atoms with Crippen LogP contribution in [0.4, 0.5) is 15.8 Å². The molecule has 2 aromatic carbocycles. The van der Waals surface area contributed by atoms with E-state index in [0.717, 1.165) is 48.2 Å². The number of benzene rings is 2. The first-order valence-corrected chi connectivity index (χ1v) is 10.8. The van der Waals surface area contributed by atoms with Crippen molar-refractivity contribution in [3.05, 3.63) is 65.6 Å². The monoisotopic (exact) mass is 423 g/mol. The molecule has 5 rings (SSSR count). The molecule has 2 heterocycles. The normalized spacial score (nSPS) is 23.0. The van der Waals surface area contributed by atoms with Gasteiger partial charge in [-0.1, -0.05) is 11.6 Å². The van der Waals surface area contributed by atoms with Gasteiger partial charge >= 0.3 is 0 Å². The maximum absolute atomic E-state index is 13.8. The van der Waals surface area contributed by atoms with E-state index in [1.807, 2.05) is 18.2 Å². The summed E-state index contributed by atoms with van der Waals surface area (Å²) >= 11 is 5.90. The Hall–Kier alpha value is -2.66. The molecule has 4 nitrogen and oxygen atoms in total. The summed E-state index contributed by atoms with van der Waals surface area (Å²) in [5.41, 5.74) is 2.67. The molecule has 1 aliphatic heterocycles. The van der Waals surface area contributed by atoms with Gasteiger partial charge in [0, 0.05) is 47.5 Å². The summed E-state index contributed by atoms with van der Waals surface area (Å²) in [4.78, 5) is 19.2. The number of nitrogens with zero attached hydrogens (tertiary/aromatic N) is 2. The number of anilines is 2. The van der Waals surface area contributed by atoms with Crippen molar-refractivity contribution in [2.45, 2.75) is 19.3 Å². The van der Waals surface area contributed by atoms with E-state index < -0.39 is 0 Å². The van der Waals surface area contributed by atoms with Gasteiger partial charge in [-0.15, -0.1) is 0 Å². The Morgan fingerprint density at radius 3 is 2.57 bits per heavy atom. The van der Waals surface area contributed by atoms with Crippen molar-refractivity contribution in [1.29, 1.82) is 0 Å². The summed E-state index contributed by atoms with van der Waals surface area (Å²) < 4.78 is 13.8. The second-order valence-electron chi connectivity index (χ2n) is 8.51. The Bertz CT molecular complexity index is 1070. The van der Waals surface area contributed by atoms with Crippen LogP contribution in [0.5, 0.6) is 0 Å². The van der Waals surface area contributed by atoms with Crippen LogP contribution in [-0.4, -0.2) is 24.0 Å². The molecule has 2 aliphatic rings. The smallest absolute Gasteiger partial charge is 0.224 e. The molecule has 3 aromatic rings. The van der Waals surface area contributed by atoms with Gasteiger partial charge in [0.25, 0.3) is 0 Å². The van der Waals surface area contributed by atoms with Crippen LogP contribution in [0, 0.1) is 23.6 Å². The minimum absolute atomic E-state index is 0.0646. The predicted molar refractivity (Wildman–Crippen MR) is 118 cm³/mol. The number of aromatic nitrogens is 1. The molecule has 3 atom stereocenters. The van der Waals surface area contributed by atoms with Gasteiger partial charge in [0.2, 0.25) is 5.91 Å². The van der Waals surface area contributed by atoms with Crippen LogP contribution in [0.25, 0.3) is 10.9 Å². The molecule has 30 heavy (non-hydrogen) atoms. The Balaban J connectivity index is 1.21. The zero-order valence-electron chi connectivity index (χ0n) is 16.5. The quantitative estimate of drug-likeness (QED) is 0.601. The Labute approximate surface area is 180 Å². The van der Waals surface area contributed by atoms with Crippen molar-refractivity contribution in [1.82, 2.24) is 4.98 Å². The molecule has 0 spiro atoms. The summed E-state index contributed by atoms with van der Waals surface area (Å²) in [7, 11) is 0. The minimum Gasteiger partial charge on any atom is -0.370 e. The van der Waals surface area contributed by atoms with Gasteiger partial charge < -0.3 is 10.2 Å². The molecule has 0 unspecified atom stereocenters. The summed E-state index contributed by atoms with van der Waals surface area (Å²) in [6.07, 6.45) is 4.48. The van der Waals surface area contributed by atoms with E-state index in [0.29, 0.717) is 29.2 Å². The molecular weight excluding hydrogens is 401 g/mol. The van der Waals surface area contributed by atoms with Gasteiger partial charge in [0.05, 0.1) is 5.52 Å². The Morgan fingerprint density at radius 2 is 1.83 bits per heavy atom. The number of fused-ring (bicyclic) bond motifs is 2. The number of rotatable bonds is 4. The molecule has 6 heteroatoms. The molecule has 154 valence electrons. The first-order valence-electron chi connectivity index (χ1n) is 10.4. The number of hydrogen-bond acceptors (Lipinski definition) is 3. The average Bonchev–Trinajstić information content (AvgIpc) is 3.27. The lowest BCUT2D eigenvalue weighted by molar-refractivity contribution is -0.117. The first kappa shape index (κ1) is 19.3. The van der Waals surface area contributed by atoms with Crippen LogP contribution in [0.3, 0.4) is 0 Å². The third-order valence-electron chi connectivity index (χ3n) is 6.47. The number of hydrogen-bond donors (Lipinski definition) is 1. The number of pyridine rings is 1. The number of halogens is 2. The van der Waals surface area contributed by atoms with E-state index >= 15 is 0 Å². The fraction of sp³-hybridized carbons (Fsp3) is 0.333. The molecule has 0 radical (unpaired) electrons. The standard InChI is InChI=1S/C24H23ClFN3O/c25-18-1-4-20(5-2-18)28-24(30)11-15-9-16-13-29(14-17(16)10-15)23-7-8-27-22-6-3-19(26)12-21(22)23/h1-8,12,15-17H,9-11,13-14H2,(H,28,30)/t15-,16-,17+. The summed E-state index contributed by atoms with van der Waals surface area (Å²) in [6.45, 7) is 1.91. The highest BCUT2D eigenvalue weighted by atomic mass is 35.5. The highest BCUT2D eigenvalue weighted by molar-refractivity contribution is 6.30. The summed E-state index contributed by atoms with van der Waals surface area (Å²) in [6, 6.07) is 14.0. The van der Waals surface area contributed by atoms with Crippen molar-refractivity contribution < 1.29 is 9.18 Å². The number of nitrogens with one attached hydrogen (secondary N) is 1. The highest BCUT2D eigenvalue weighted by Gasteiger charge is 2.41. The molecule has 1 aromatic heterocycles. The number of amides is 1. The molecule has 1 N–H and O–H groups in total. The molecule has 0 bridgehead atoms. The van der Waals surface area contributed by atoms with Gasteiger partial charge in [-0.05, 0) is 79.1 Å². The van der Waals surface area contributed by atoms with Crippen molar-refractivity contribution in [3.8, 4) is 0 Å². The minimum atomic E-state index is -0.233. The van der Waals surface area contributed by atoms with Crippen LogP contribution in [0.2, 0.25) is 5.02 Å². The number of carbonyl (C=O) groups is 1. The number of carbonyl (C=O) groups excluding carboxylic acids is 1. The van der Waals surface area contributed by atoms with E-state index in [2.05, 4.69) is 15.2 Å². The second kappa shape index (κ2) is 7.88. The fourth-order valence-corrected chi connectivity index (χ4v) is 5.30. The Kier molecular flexibility index (Phi) is 5.07. The van der Waals surface area contributed by atoms with E-state index in [1.165, 1.54) is 6.07 Å². The topological polar surface area (TPSA) is 45.2 Å². The zero-order chi connectivity index (χ0) is 20.7. The van der Waals surface area contributed by atoms with Crippen LogP contribution in [0.1, 0.15) is 19.3 Å². The third kappa shape index (κ3) is 3.86. The van der Waals surface area contributed by atoms with E-state index in [1.54, 1.807) is 30.5 Å². The van der Waals surface area contributed by atoms with Crippen molar-refractivity contribution in [2.75, 3.05) is 23.3 Å². The van der Waals surface area contributed by atoms with Crippen molar-refractivity contribution in [3.63, 3.8) is 0 Å². The van der Waals surface area contributed by atoms with Crippen molar-refractivity contribution in [2.24, 2.45) is 17.8 Å². The maximum atomic E-state index is 13.8. The van der Waals surface area contributed by atoms with E-state index in [-0.39, 0.29) is 11.7 Å². The molecule has 2 fully saturated rings. The average molecular weight is 424 g/mol. The van der Waals surface area contributed by atoms with E-state index in [4.69, 9.17) is 11.6 Å². The molecular formula is C24H23ClFN3O. The van der Waals surface area contributed by atoms with Crippen LogP contribution < -0.4 is 10.2 Å². The third-order valence-corrected chi connectivity index (χ3v) is 6.72. The summed E-state index contributed by atoms with van der Waals surface area (Å²) in [5, 5.41) is 4.50. The SMILES string of the molecule is O=C(C[C@@H]1C[C@@H]2CN(c3ccnc4ccc(F)cc34)C[C@@H]2C1)Nc1ccc(Cl)cc1. The Morgan fingerprint density at radius 1 is 1.10 bits per heavy atom. The molecule has 1 saturated carbocycles. The van der Waals surface area contributed by atoms with Gasteiger partial charge in [-0.3, -0.25) is 9.78 Å². The lowest BCUT2D eigenvalue weighted by atomic mass is 10.0. The fourth-order valence-electron chi connectivity index (χ4n) is 5.18. The first-order chi connectivity index (χ1) is 14.5. The van der Waals surface area contributed by atoms with Gasteiger partial charge in [-0.25, -0.2) is 4.39 Å². The largest absolute Gasteiger partial charge is 0.370 e. The maximum Gasteiger partial charge on any atom is 0.224 e.